The summed E-state index contributed by atoms with van der Waals surface area (Å²) in [5, 5.41) is 0.441. The molecule has 2 N–H and O–H groups in total. The second-order valence-corrected chi connectivity index (χ2v) is 26.5. The van der Waals surface area contributed by atoms with Crippen molar-refractivity contribution < 1.29 is 26.2 Å². The zero-order chi connectivity index (χ0) is 34.7. The number of nitrogens with two attached hydrogens (primary N) is 1. The molecule has 0 unspecified atom stereocenters. The summed E-state index contributed by atoms with van der Waals surface area (Å²) in [7, 11) is -9.29. The molecule has 0 saturated carbocycles. The summed E-state index contributed by atoms with van der Waals surface area (Å²) in [5.41, 5.74) is 4.97. The van der Waals surface area contributed by atoms with E-state index in [1.54, 1.807) is 6.92 Å². The summed E-state index contributed by atoms with van der Waals surface area (Å²) in [6, 6.07) is 9.59. The topological polar surface area (TPSA) is 141 Å². The van der Waals surface area contributed by atoms with Crippen LogP contribution in [0.4, 0.5) is 0 Å². The summed E-state index contributed by atoms with van der Waals surface area (Å²) in [5.74, 6) is 0. The van der Waals surface area contributed by atoms with Gasteiger partial charge in [-0.25, -0.2) is 8.98 Å². The molecule has 256 valence electrons. The molecule has 0 bridgehead atoms. The van der Waals surface area contributed by atoms with Crippen LogP contribution in [-0.4, -0.2) is 58.6 Å². The third kappa shape index (κ3) is 6.80. The van der Waals surface area contributed by atoms with E-state index in [1.807, 2.05) is 43.4 Å². The van der Waals surface area contributed by atoms with Crippen molar-refractivity contribution in [1.29, 1.82) is 0 Å². The van der Waals surface area contributed by atoms with Crippen molar-refractivity contribution in [1.82, 2.24) is 9.13 Å². The van der Waals surface area contributed by atoms with E-state index in [-0.39, 0.29) is 28.9 Å². The van der Waals surface area contributed by atoms with Crippen LogP contribution in [0, 0.1) is 6.92 Å². The van der Waals surface area contributed by atoms with Gasteiger partial charge in [0.2, 0.25) is 0 Å². The van der Waals surface area contributed by atoms with E-state index in [9.17, 15) is 18.0 Å². The molecule has 0 radical (unpaired) electrons. The predicted octanol–water partition coefficient (Wildman–Crippen LogP) is 4.77. The van der Waals surface area contributed by atoms with Gasteiger partial charge in [0.15, 0.2) is 28.5 Å². The molecule has 14 heteroatoms. The summed E-state index contributed by atoms with van der Waals surface area (Å²) in [6.07, 6.45) is -1.49. The van der Waals surface area contributed by atoms with Crippen LogP contribution in [0.1, 0.15) is 58.9 Å². The second kappa shape index (κ2) is 12.3. The SMILES string of the molecule is Cc1cn([C@@H]2O[C@H](CO[Si](C)(C)C(C)(C)C)[C@@]3(OS(=O)(=O)C=C3N)[C@H]2O[Si](C)(C)C(C)(C)C)c(=O)n(CCc2ccccc2)c1=O. The molecule has 1 saturated heterocycles. The van der Waals surface area contributed by atoms with Gasteiger partial charge < -0.3 is 19.3 Å². The van der Waals surface area contributed by atoms with Crippen molar-refractivity contribution in [2.45, 2.75) is 122 Å². The Kier molecular flexibility index (Phi) is 9.74. The summed E-state index contributed by atoms with van der Waals surface area (Å²) in [6.45, 7) is 22.4. The van der Waals surface area contributed by atoms with Gasteiger partial charge in [0, 0.05) is 18.3 Å². The average Bonchev–Trinajstić information content (AvgIpc) is 3.35. The second-order valence-electron chi connectivity index (χ2n) is 15.5. The zero-order valence-electron chi connectivity index (χ0n) is 29.0. The van der Waals surface area contributed by atoms with Gasteiger partial charge in [-0.15, -0.1) is 0 Å². The standard InChI is InChI=1S/C32H51N3O8SSi2/c1-22-19-35(29(37)34(27(22)36)18-17-23-15-13-12-14-16-23)28-26(42-46(10,11)31(5,6)7)32(24(33)21-44(38,39)43-32)25(41-28)20-40-45(8,9)30(2,3)4/h12-16,19,21,25-26,28H,17-18,20,33H2,1-11H3/t25-,26+,28-,32-/m1/s1. The lowest BCUT2D eigenvalue weighted by atomic mass is 9.89. The van der Waals surface area contributed by atoms with Gasteiger partial charge in [0.05, 0.1) is 17.7 Å². The molecule has 0 aliphatic carbocycles. The van der Waals surface area contributed by atoms with Crippen LogP contribution in [0.25, 0.3) is 0 Å². The van der Waals surface area contributed by atoms with Gasteiger partial charge >= 0.3 is 5.69 Å². The largest absolute Gasteiger partial charge is 0.414 e. The molecule has 1 aromatic heterocycles. The molecule has 11 nitrogen and oxygen atoms in total. The molecule has 46 heavy (non-hydrogen) atoms. The van der Waals surface area contributed by atoms with Crippen LogP contribution in [0.15, 0.2) is 57.2 Å². The van der Waals surface area contributed by atoms with Crippen LogP contribution in [0.5, 0.6) is 0 Å². The Balaban J connectivity index is 1.90. The highest BCUT2D eigenvalue weighted by Crippen LogP contribution is 2.52. The maximum atomic E-state index is 14.2. The number of rotatable bonds is 9. The van der Waals surface area contributed by atoms with Gasteiger partial charge in [0.1, 0.15) is 12.2 Å². The zero-order valence-corrected chi connectivity index (χ0v) is 31.9. The Hall–Kier alpha value is -2.34. The molecule has 2 aliphatic rings. The molecule has 2 aromatic rings. The first-order valence-electron chi connectivity index (χ1n) is 15.7. The van der Waals surface area contributed by atoms with Crippen molar-refractivity contribution in [3.8, 4) is 0 Å². The van der Waals surface area contributed by atoms with Gasteiger partial charge in [-0.05, 0) is 55.2 Å². The van der Waals surface area contributed by atoms with E-state index >= 15 is 0 Å². The molecule has 4 rings (SSSR count). The fourth-order valence-electron chi connectivity index (χ4n) is 5.24. The Bertz CT molecular complexity index is 1710. The molecule has 1 fully saturated rings. The van der Waals surface area contributed by atoms with Gasteiger partial charge in [0.25, 0.3) is 15.7 Å². The molecule has 4 atom stereocenters. The minimum absolute atomic E-state index is 0.0458. The van der Waals surface area contributed by atoms with Crippen molar-refractivity contribution in [3.05, 3.63) is 79.6 Å². The minimum atomic E-state index is -4.22. The highest BCUT2D eigenvalue weighted by molar-refractivity contribution is 7.90. The molecule has 1 spiro atoms. The third-order valence-corrected chi connectivity index (χ3v) is 20.2. The quantitative estimate of drug-likeness (QED) is 0.291. The number of aromatic nitrogens is 2. The lowest BCUT2D eigenvalue weighted by Crippen LogP contribution is -2.59. The number of hydrogen-bond donors (Lipinski definition) is 1. The molecule has 0 amide bonds. The average molecular weight is 694 g/mol. The van der Waals surface area contributed by atoms with Crippen LogP contribution in [0.2, 0.25) is 36.3 Å². The lowest BCUT2D eigenvalue weighted by molar-refractivity contribution is -0.0567. The number of ether oxygens (including phenoxy) is 1. The van der Waals surface area contributed by atoms with Gasteiger partial charge in [-0.2, -0.15) is 8.42 Å². The Morgan fingerprint density at radius 2 is 1.57 bits per heavy atom. The van der Waals surface area contributed by atoms with E-state index in [4.69, 9.17) is 23.5 Å². The van der Waals surface area contributed by atoms with Crippen molar-refractivity contribution in [2.75, 3.05) is 6.61 Å². The Morgan fingerprint density at radius 3 is 2.09 bits per heavy atom. The van der Waals surface area contributed by atoms with Crippen molar-refractivity contribution in [2.24, 2.45) is 5.73 Å². The normalized spacial score (nSPS) is 25.3. The first-order valence-corrected chi connectivity index (χ1v) is 23.0. The monoisotopic (exact) mass is 693 g/mol. The molecule has 3 heterocycles. The Labute approximate surface area is 275 Å². The first kappa shape index (κ1) is 36.5. The van der Waals surface area contributed by atoms with E-state index in [1.165, 1.54) is 15.3 Å². The fraction of sp³-hybridized carbons (Fsp3) is 0.625. The van der Waals surface area contributed by atoms with E-state index in [0.29, 0.717) is 12.0 Å². The molecule has 2 aliphatic heterocycles. The number of benzene rings is 1. The maximum absolute atomic E-state index is 14.2. The first-order chi connectivity index (χ1) is 20.9. The van der Waals surface area contributed by atoms with Crippen LogP contribution >= 0.6 is 0 Å². The molecular formula is C32H51N3O8SSi2. The highest BCUT2D eigenvalue weighted by Gasteiger charge is 2.67. The van der Waals surface area contributed by atoms with Crippen LogP contribution < -0.4 is 17.0 Å². The van der Waals surface area contributed by atoms with Crippen LogP contribution in [0.3, 0.4) is 0 Å². The molecular weight excluding hydrogens is 643 g/mol. The summed E-state index contributed by atoms with van der Waals surface area (Å²) >= 11 is 0. The van der Waals surface area contributed by atoms with E-state index in [2.05, 4.69) is 54.6 Å². The van der Waals surface area contributed by atoms with Crippen molar-refractivity contribution in [3.63, 3.8) is 0 Å². The van der Waals surface area contributed by atoms with Crippen LogP contribution in [-0.2, 0) is 40.9 Å². The number of hydrogen-bond acceptors (Lipinski definition) is 9. The van der Waals surface area contributed by atoms with E-state index < -0.39 is 62.0 Å². The Morgan fingerprint density at radius 1 is 0.978 bits per heavy atom. The minimum Gasteiger partial charge on any atom is -0.414 e. The fourth-order valence-corrected chi connectivity index (χ4v) is 8.74. The molecule has 1 aromatic carbocycles. The lowest BCUT2D eigenvalue weighted by Gasteiger charge is -2.43. The van der Waals surface area contributed by atoms with Gasteiger partial charge in [-0.1, -0.05) is 71.9 Å². The number of nitrogens with zero attached hydrogens (tertiary/aromatic N) is 2. The highest BCUT2D eigenvalue weighted by atomic mass is 32.2. The number of aryl methyl sites for hydroxylation is 2. The smallest absolute Gasteiger partial charge is 0.333 e. The third-order valence-electron chi connectivity index (χ3n) is 10.2. The van der Waals surface area contributed by atoms with E-state index in [0.717, 1.165) is 11.0 Å². The summed E-state index contributed by atoms with van der Waals surface area (Å²) in [4.78, 5) is 27.5. The van der Waals surface area contributed by atoms with Gasteiger partial charge in [-0.3, -0.25) is 13.9 Å². The summed E-state index contributed by atoms with van der Waals surface area (Å²) < 4.78 is 54.8. The predicted molar refractivity (Wildman–Crippen MR) is 184 cm³/mol. The van der Waals surface area contributed by atoms with Crippen molar-refractivity contribution >= 4 is 26.8 Å². The maximum Gasteiger partial charge on any atom is 0.333 e.